The summed E-state index contributed by atoms with van der Waals surface area (Å²) in [6, 6.07) is 3.18. The van der Waals surface area contributed by atoms with Gasteiger partial charge in [0.1, 0.15) is 11.4 Å². The molecule has 2 heterocycles. The summed E-state index contributed by atoms with van der Waals surface area (Å²) >= 11 is 0. The highest BCUT2D eigenvalue weighted by Crippen LogP contribution is 2.19. The molecule has 0 aliphatic carbocycles. The van der Waals surface area contributed by atoms with E-state index < -0.39 is 0 Å². The fourth-order valence-electron chi connectivity index (χ4n) is 1.59. The van der Waals surface area contributed by atoms with Crippen LogP contribution in [0.3, 0.4) is 0 Å². The molecule has 0 aliphatic heterocycles. The fraction of sp³-hybridized carbons (Fsp3) is 0.333. The number of pyridine rings is 1. The van der Waals surface area contributed by atoms with Crippen molar-refractivity contribution in [2.75, 3.05) is 14.2 Å². The molecular formula is C12H15N5O3. The Morgan fingerprint density at radius 1 is 1.30 bits per heavy atom. The number of aryl methyl sites for hydroxylation is 1. The number of H-pyrrole nitrogens is 1. The molecule has 1 amide bonds. The van der Waals surface area contributed by atoms with Gasteiger partial charge in [0.2, 0.25) is 11.8 Å². The topological polar surface area (TPSA) is 102 Å². The highest BCUT2D eigenvalue weighted by Gasteiger charge is 2.15. The van der Waals surface area contributed by atoms with Crippen molar-refractivity contribution < 1.29 is 14.3 Å². The first-order chi connectivity index (χ1) is 9.63. The van der Waals surface area contributed by atoms with Crippen LogP contribution in [-0.2, 0) is 6.54 Å². The number of aromatic nitrogens is 4. The van der Waals surface area contributed by atoms with Crippen molar-refractivity contribution in [1.82, 2.24) is 25.5 Å². The zero-order valence-electron chi connectivity index (χ0n) is 11.4. The highest BCUT2D eigenvalue weighted by molar-refractivity contribution is 5.96. The molecule has 0 saturated carbocycles. The largest absolute Gasteiger partial charge is 0.481 e. The normalized spacial score (nSPS) is 10.2. The predicted molar refractivity (Wildman–Crippen MR) is 69.6 cm³/mol. The van der Waals surface area contributed by atoms with Gasteiger partial charge in [0.05, 0.1) is 20.8 Å². The van der Waals surface area contributed by atoms with Crippen LogP contribution in [0.1, 0.15) is 22.0 Å². The first-order valence-electron chi connectivity index (χ1n) is 5.89. The van der Waals surface area contributed by atoms with Gasteiger partial charge >= 0.3 is 0 Å². The van der Waals surface area contributed by atoms with Crippen molar-refractivity contribution in [2.45, 2.75) is 13.5 Å². The van der Waals surface area contributed by atoms with Gasteiger partial charge in [-0.1, -0.05) is 0 Å². The Labute approximate surface area is 115 Å². The van der Waals surface area contributed by atoms with Gasteiger partial charge in [-0.15, -0.1) is 0 Å². The smallest absolute Gasteiger partial charge is 0.257 e. The van der Waals surface area contributed by atoms with E-state index in [9.17, 15) is 4.79 Å². The van der Waals surface area contributed by atoms with E-state index in [4.69, 9.17) is 9.47 Å². The van der Waals surface area contributed by atoms with Crippen LogP contribution in [-0.4, -0.2) is 40.3 Å². The molecule has 0 spiro atoms. The summed E-state index contributed by atoms with van der Waals surface area (Å²) in [7, 11) is 2.93. The number of amides is 1. The Morgan fingerprint density at radius 3 is 2.70 bits per heavy atom. The zero-order chi connectivity index (χ0) is 14.5. The summed E-state index contributed by atoms with van der Waals surface area (Å²) in [4.78, 5) is 20.2. The molecule has 2 N–H and O–H groups in total. The minimum absolute atomic E-state index is 0.202. The first-order valence-corrected chi connectivity index (χ1v) is 5.89. The lowest BCUT2D eigenvalue weighted by atomic mass is 10.2. The number of methoxy groups -OCH3 is 2. The number of hydrogen-bond donors (Lipinski definition) is 2. The number of nitrogens with zero attached hydrogens (tertiary/aromatic N) is 3. The molecule has 0 aliphatic rings. The molecule has 0 radical (unpaired) electrons. The van der Waals surface area contributed by atoms with E-state index in [1.54, 1.807) is 19.1 Å². The van der Waals surface area contributed by atoms with E-state index in [0.29, 0.717) is 23.1 Å². The summed E-state index contributed by atoms with van der Waals surface area (Å²) in [5.74, 6) is 1.46. The van der Waals surface area contributed by atoms with Crippen LogP contribution in [0.5, 0.6) is 11.8 Å². The fourth-order valence-corrected chi connectivity index (χ4v) is 1.59. The minimum atomic E-state index is -0.320. The Morgan fingerprint density at radius 2 is 2.10 bits per heavy atom. The Balaban J connectivity index is 2.08. The molecule has 0 atom stereocenters. The second-order valence-electron chi connectivity index (χ2n) is 3.93. The summed E-state index contributed by atoms with van der Waals surface area (Å²) in [6.45, 7) is 2.01. The summed E-state index contributed by atoms with van der Waals surface area (Å²) in [5.41, 5.74) is 0.320. The maximum absolute atomic E-state index is 12.1. The molecule has 0 unspecified atom stereocenters. The van der Waals surface area contributed by atoms with Gasteiger partial charge in [0.15, 0.2) is 5.82 Å². The van der Waals surface area contributed by atoms with Crippen LogP contribution in [0, 0.1) is 6.92 Å². The minimum Gasteiger partial charge on any atom is -0.481 e. The average molecular weight is 277 g/mol. The third kappa shape index (κ3) is 3.02. The molecule has 2 aromatic rings. The Kier molecular flexibility index (Phi) is 4.14. The first kappa shape index (κ1) is 13.8. The van der Waals surface area contributed by atoms with E-state index >= 15 is 0 Å². The van der Waals surface area contributed by atoms with Crippen molar-refractivity contribution in [3.63, 3.8) is 0 Å². The number of rotatable bonds is 5. The molecule has 2 aromatic heterocycles. The Bertz CT molecular complexity index is 611. The Hall–Kier alpha value is -2.64. The predicted octanol–water partition coefficient (Wildman–Crippen LogP) is 0.455. The van der Waals surface area contributed by atoms with E-state index in [1.165, 1.54) is 14.2 Å². The quantitative estimate of drug-likeness (QED) is 0.823. The molecular weight excluding hydrogens is 262 g/mol. The molecule has 106 valence electrons. The van der Waals surface area contributed by atoms with Crippen LogP contribution >= 0.6 is 0 Å². The number of hydrogen-bond acceptors (Lipinski definition) is 6. The van der Waals surface area contributed by atoms with Gasteiger partial charge < -0.3 is 14.8 Å². The van der Waals surface area contributed by atoms with E-state index in [2.05, 4.69) is 25.5 Å². The van der Waals surface area contributed by atoms with Gasteiger partial charge in [-0.05, 0) is 13.0 Å². The third-order valence-corrected chi connectivity index (χ3v) is 2.53. The summed E-state index contributed by atoms with van der Waals surface area (Å²) in [5, 5.41) is 9.33. The summed E-state index contributed by atoms with van der Waals surface area (Å²) in [6.07, 6.45) is 0. The van der Waals surface area contributed by atoms with Crippen molar-refractivity contribution in [3.05, 3.63) is 29.3 Å². The van der Waals surface area contributed by atoms with E-state index in [-0.39, 0.29) is 18.3 Å². The number of aromatic amines is 1. The molecule has 0 fully saturated rings. The molecule has 8 nitrogen and oxygen atoms in total. The second-order valence-corrected chi connectivity index (χ2v) is 3.93. The van der Waals surface area contributed by atoms with Crippen molar-refractivity contribution in [2.24, 2.45) is 0 Å². The van der Waals surface area contributed by atoms with Crippen LogP contribution < -0.4 is 14.8 Å². The molecule has 0 saturated heterocycles. The second kappa shape index (κ2) is 6.00. The zero-order valence-corrected chi connectivity index (χ0v) is 11.4. The maximum Gasteiger partial charge on any atom is 0.257 e. The van der Waals surface area contributed by atoms with E-state index in [1.807, 2.05) is 0 Å². The molecule has 0 bridgehead atoms. The van der Waals surface area contributed by atoms with Crippen LogP contribution in [0.25, 0.3) is 0 Å². The number of carbonyl (C=O) groups is 1. The highest BCUT2D eigenvalue weighted by atomic mass is 16.5. The van der Waals surface area contributed by atoms with Gasteiger partial charge in [0.25, 0.3) is 5.91 Å². The van der Waals surface area contributed by atoms with Crippen molar-refractivity contribution >= 4 is 5.91 Å². The van der Waals surface area contributed by atoms with Gasteiger partial charge in [-0.25, -0.2) is 4.98 Å². The lowest BCUT2D eigenvalue weighted by molar-refractivity contribution is 0.0946. The molecule has 20 heavy (non-hydrogen) atoms. The van der Waals surface area contributed by atoms with Gasteiger partial charge in [0, 0.05) is 6.07 Å². The van der Waals surface area contributed by atoms with Crippen LogP contribution in [0.2, 0.25) is 0 Å². The van der Waals surface area contributed by atoms with Crippen molar-refractivity contribution in [1.29, 1.82) is 0 Å². The maximum atomic E-state index is 12.1. The molecule has 0 aromatic carbocycles. The number of carbonyl (C=O) groups excluding carboxylic acids is 1. The SMILES string of the molecule is COc1ccc(C(=O)NCc2n[nH]c(C)n2)c(OC)n1. The lowest BCUT2D eigenvalue weighted by Crippen LogP contribution is -2.24. The van der Waals surface area contributed by atoms with Gasteiger partial charge in [-0.3, -0.25) is 9.89 Å². The molecule has 2 rings (SSSR count). The van der Waals surface area contributed by atoms with Crippen LogP contribution in [0.4, 0.5) is 0 Å². The summed E-state index contributed by atoms with van der Waals surface area (Å²) < 4.78 is 10.1. The number of nitrogens with one attached hydrogen (secondary N) is 2. The average Bonchev–Trinajstić information content (AvgIpc) is 2.89. The van der Waals surface area contributed by atoms with Gasteiger partial charge in [-0.2, -0.15) is 10.1 Å². The third-order valence-electron chi connectivity index (χ3n) is 2.53. The standard InChI is InChI=1S/C12H15N5O3/c1-7-14-9(17-16-7)6-13-11(18)8-4-5-10(19-2)15-12(8)20-3/h4-5H,6H2,1-3H3,(H,13,18)(H,14,16,17). The van der Waals surface area contributed by atoms with Crippen LogP contribution in [0.15, 0.2) is 12.1 Å². The van der Waals surface area contributed by atoms with Crippen molar-refractivity contribution in [3.8, 4) is 11.8 Å². The number of ether oxygens (including phenoxy) is 2. The lowest BCUT2D eigenvalue weighted by Gasteiger charge is -2.08. The van der Waals surface area contributed by atoms with E-state index in [0.717, 1.165) is 0 Å². The molecule has 8 heteroatoms. The monoisotopic (exact) mass is 277 g/mol.